The van der Waals surface area contributed by atoms with Gasteiger partial charge in [0.05, 0.1) is 10.2 Å². The van der Waals surface area contributed by atoms with E-state index in [0.717, 1.165) is 23.1 Å². The maximum absolute atomic E-state index is 12.1. The number of amides is 1. The lowest BCUT2D eigenvalue weighted by Crippen LogP contribution is -2.12. The zero-order chi connectivity index (χ0) is 14.4. The largest absolute Gasteiger partial charge is 0.385 e. The maximum Gasteiger partial charge on any atom is 0.255 e. The number of pyridine rings is 1. The van der Waals surface area contributed by atoms with Crippen LogP contribution in [0.25, 0.3) is 0 Å². The van der Waals surface area contributed by atoms with Crippen LogP contribution >= 0.6 is 15.9 Å². The number of carbonyl (C=O) groups is 1. The summed E-state index contributed by atoms with van der Waals surface area (Å²) in [4.78, 5) is 16.1. The van der Waals surface area contributed by atoms with Gasteiger partial charge in [0.1, 0.15) is 0 Å². The predicted molar refractivity (Wildman–Crippen MR) is 85.1 cm³/mol. The first-order valence-electron chi connectivity index (χ1n) is 6.45. The lowest BCUT2D eigenvalue weighted by molar-refractivity contribution is 0.102. The molecule has 2 aromatic rings. The number of nitrogens with one attached hydrogen (secondary N) is 2. The minimum Gasteiger partial charge on any atom is -0.385 e. The van der Waals surface area contributed by atoms with Crippen LogP contribution in [-0.4, -0.2) is 17.4 Å². The van der Waals surface area contributed by atoms with Gasteiger partial charge in [-0.15, -0.1) is 0 Å². The first kappa shape index (κ1) is 14.5. The zero-order valence-electron chi connectivity index (χ0n) is 11.2. The molecule has 104 valence electrons. The Labute approximate surface area is 126 Å². The lowest BCUT2D eigenvalue weighted by Gasteiger charge is -2.08. The van der Waals surface area contributed by atoms with Gasteiger partial charge >= 0.3 is 0 Å². The highest BCUT2D eigenvalue weighted by Crippen LogP contribution is 2.21. The quantitative estimate of drug-likeness (QED) is 0.871. The summed E-state index contributed by atoms with van der Waals surface area (Å²) in [6.45, 7) is 3.04. The number of hydrogen-bond acceptors (Lipinski definition) is 3. The summed E-state index contributed by atoms with van der Waals surface area (Å²) in [5.74, 6) is -0.140. The minimum absolute atomic E-state index is 0.140. The average Bonchev–Trinajstić information content (AvgIpc) is 2.48. The summed E-state index contributed by atoms with van der Waals surface area (Å²) >= 11 is 3.35. The summed E-state index contributed by atoms with van der Waals surface area (Å²) in [6, 6.07) is 9.18. The molecule has 0 aliphatic carbocycles. The van der Waals surface area contributed by atoms with Crippen LogP contribution in [0.15, 0.2) is 47.2 Å². The van der Waals surface area contributed by atoms with Crippen molar-refractivity contribution in [2.45, 2.75) is 13.3 Å². The van der Waals surface area contributed by atoms with E-state index in [9.17, 15) is 4.79 Å². The molecular formula is C15H16BrN3O. The van der Waals surface area contributed by atoms with E-state index in [1.165, 1.54) is 0 Å². The molecule has 2 N–H and O–H groups in total. The van der Waals surface area contributed by atoms with Gasteiger partial charge in [-0.1, -0.05) is 6.92 Å². The molecule has 1 aromatic heterocycles. The van der Waals surface area contributed by atoms with Crippen molar-refractivity contribution in [3.63, 3.8) is 0 Å². The van der Waals surface area contributed by atoms with Gasteiger partial charge in [-0.05, 0) is 52.7 Å². The van der Waals surface area contributed by atoms with Crippen LogP contribution in [0, 0.1) is 0 Å². The van der Waals surface area contributed by atoms with Crippen LogP contribution in [0.5, 0.6) is 0 Å². The Bertz CT molecular complexity index is 584. The Morgan fingerprint density at radius 2 is 2.00 bits per heavy atom. The highest BCUT2D eigenvalue weighted by molar-refractivity contribution is 9.10. The second-order valence-electron chi connectivity index (χ2n) is 4.31. The van der Waals surface area contributed by atoms with E-state index >= 15 is 0 Å². The molecule has 2 rings (SSSR count). The van der Waals surface area contributed by atoms with E-state index in [1.807, 2.05) is 24.3 Å². The molecule has 0 radical (unpaired) electrons. The maximum atomic E-state index is 12.1. The summed E-state index contributed by atoms with van der Waals surface area (Å²) in [5, 5.41) is 6.11. The van der Waals surface area contributed by atoms with Crippen LogP contribution in [0.2, 0.25) is 0 Å². The summed E-state index contributed by atoms with van der Waals surface area (Å²) in [5.41, 5.74) is 2.35. The van der Waals surface area contributed by atoms with Crippen molar-refractivity contribution in [2.75, 3.05) is 17.2 Å². The number of aromatic nitrogens is 1. The molecule has 1 heterocycles. The SMILES string of the molecule is CCCNc1ccc(C(=O)Nc2ccncc2Br)cc1. The number of anilines is 2. The summed E-state index contributed by atoms with van der Waals surface area (Å²) in [6.07, 6.45) is 4.35. The molecule has 20 heavy (non-hydrogen) atoms. The summed E-state index contributed by atoms with van der Waals surface area (Å²) < 4.78 is 0.759. The second-order valence-corrected chi connectivity index (χ2v) is 5.17. The smallest absolute Gasteiger partial charge is 0.255 e. The van der Waals surface area contributed by atoms with Gasteiger partial charge in [0.2, 0.25) is 0 Å². The van der Waals surface area contributed by atoms with Crippen LogP contribution in [0.4, 0.5) is 11.4 Å². The lowest BCUT2D eigenvalue weighted by atomic mass is 10.2. The molecule has 0 spiro atoms. The Hall–Kier alpha value is -1.88. The molecule has 0 unspecified atom stereocenters. The predicted octanol–water partition coefficient (Wildman–Crippen LogP) is 3.92. The van der Waals surface area contributed by atoms with Crippen molar-refractivity contribution in [2.24, 2.45) is 0 Å². The highest BCUT2D eigenvalue weighted by Gasteiger charge is 2.07. The van der Waals surface area contributed by atoms with Gasteiger partial charge in [-0.3, -0.25) is 9.78 Å². The van der Waals surface area contributed by atoms with E-state index in [0.29, 0.717) is 11.3 Å². The highest BCUT2D eigenvalue weighted by atomic mass is 79.9. The number of carbonyl (C=O) groups excluding carboxylic acids is 1. The third kappa shape index (κ3) is 3.81. The normalized spacial score (nSPS) is 10.1. The van der Waals surface area contributed by atoms with Crippen LogP contribution in [0.3, 0.4) is 0 Å². The molecule has 0 aliphatic heterocycles. The molecular weight excluding hydrogens is 318 g/mol. The Kier molecular flexibility index (Phi) is 5.12. The third-order valence-corrected chi connectivity index (χ3v) is 3.38. The fraction of sp³-hybridized carbons (Fsp3) is 0.200. The zero-order valence-corrected chi connectivity index (χ0v) is 12.8. The van der Waals surface area contributed by atoms with E-state index in [-0.39, 0.29) is 5.91 Å². The minimum atomic E-state index is -0.140. The molecule has 0 bridgehead atoms. The molecule has 4 nitrogen and oxygen atoms in total. The van der Waals surface area contributed by atoms with Crippen molar-refractivity contribution < 1.29 is 4.79 Å². The molecule has 0 aliphatic rings. The fourth-order valence-corrected chi connectivity index (χ4v) is 2.03. The van der Waals surface area contributed by atoms with Crippen LogP contribution < -0.4 is 10.6 Å². The third-order valence-electron chi connectivity index (χ3n) is 2.75. The van der Waals surface area contributed by atoms with E-state index in [1.54, 1.807) is 18.5 Å². The molecule has 1 aromatic carbocycles. The van der Waals surface area contributed by atoms with E-state index < -0.39 is 0 Å². The molecule has 0 saturated heterocycles. The number of rotatable bonds is 5. The Morgan fingerprint density at radius 3 is 2.65 bits per heavy atom. The van der Waals surface area contributed by atoms with Gasteiger partial charge in [-0.2, -0.15) is 0 Å². The van der Waals surface area contributed by atoms with Gasteiger partial charge < -0.3 is 10.6 Å². The first-order valence-corrected chi connectivity index (χ1v) is 7.25. The van der Waals surface area contributed by atoms with Crippen molar-refractivity contribution in [3.05, 3.63) is 52.8 Å². The average molecular weight is 334 g/mol. The van der Waals surface area contributed by atoms with Crippen molar-refractivity contribution in [1.29, 1.82) is 0 Å². The second kappa shape index (κ2) is 7.05. The Morgan fingerprint density at radius 1 is 1.25 bits per heavy atom. The molecule has 5 heteroatoms. The molecule has 0 saturated carbocycles. The number of nitrogens with zero attached hydrogens (tertiary/aromatic N) is 1. The molecule has 1 amide bonds. The van der Waals surface area contributed by atoms with Gasteiger partial charge in [-0.25, -0.2) is 0 Å². The molecule has 0 fully saturated rings. The van der Waals surface area contributed by atoms with Gasteiger partial charge in [0.25, 0.3) is 5.91 Å². The van der Waals surface area contributed by atoms with Crippen molar-refractivity contribution >= 4 is 33.2 Å². The number of hydrogen-bond donors (Lipinski definition) is 2. The van der Waals surface area contributed by atoms with Crippen molar-refractivity contribution in [3.8, 4) is 0 Å². The van der Waals surface area contributed by atoms with Crippen LogP contribution in [-0.2, 0) is 0 Å². The monoisotopic (exact) mass is 333 g/mol. The molecule has 0 atom stereocenters. The van der Waals surface area contributed by atoms with Gasteiger partial charge in [0.15, 0.2) is 0 Å². The first-order chi connectivity index (χ1) is 9.70. The standard InChI is InChI=1S/C15H16BrN3O/c1-2-8-18-12-5-3-11(4-6-12)15(20)19-14-7-9-17-10-13(14)16/h3-7,9-10,18H,2,8H2,1H3,(H,17,19,20). The topological polar surface area (TPSA) is 54.0 Å². The van der Waals surface area contributed by atoms with Crippen molar-refractivity contribution in [1.82, 2.24) is 4.98 Å². The van der Waals surface area contributed by atoms with E-state index in [2.05, 4.69) is 38.5 Å². The van der Waals surface area contributed by atoms with E-state index in [4.69, 9.17) is 0 Å². The number of halogens is 1. The Balaban J connectivity index is 2.04. The van der Waals surface area contributed by atoms with Gasteiger partial charge in [0, 0.05) is 30.2 Å². The number of benzene rings is 1. The van der Waals surface area contributed by atoms with Crippen LogP contribution in [0.1, 0.15) is 23.7 Å². The fourth-order valence-electron chi connectivity index (χ4n) is 1.68. The summed E-state index contributed by atoms with van der Waals surface area (Å²) in [7, 11) is 0.